The highest BCUT2D eigenvalue weighted by molar-refractivity contribution is 5.19. The maximum absolute atomic E-state index is 3.89. The van der Waals surface area contributed by atoms with E-state index in [1.807, 2.05) is 0 Å². The minimum absolute atomic E-state index is 0.533. The van der Waals surface area contributed by atoms with E-state index in [4.69, 9.17) is 0 Å². The predicted octanol–water partition coefficient (Wildman–Crippen LogP) is 4.70. The molecule has 0 saturated heterocycles. The van der Waals surface area contributed by atoms with Crippen LogP contribution in [0.5, 0.6) is 0 Å². The van der Waals surface area contributed by atoms with Gasteiger partial charge < -0.3 is 5.32 Å². The summed E-state index contributed by atoms with van der Waals surface area (Å²) in [6.07, 6.45) is 6.49. The first-order valence-electron chi connectivity index (χ1n) is 7.42. The van der Waals surface area contributed by atoms with Crippen molar-refractivity contribution in [2.24, 2.45) is 5.41 Å². The quantitative estimate of drug-likeness (QED) is 0.793. The Morgan fingerprint density at radius 2 is 2.00 bits per heavy atom. The highest BCUT2D eigenvalue weighted by Gasteiger charge is 2.31. The lowest BCUT2D eigenvalue weighted by Crippen LogP contribution is -2.31. The summed E-state index contributed by atoms with van der Waals surface area (Å²) in [6.45, 7) is 7.06. The molecule has 18 heavy (non-hydrogen) atoms. The molecular formula is C17H27N. The number of nitrogens with one attached hydrogen (secondary N) is 1. The van der Waals surface area contributed by atoms with Gasteiger partial charge in [-0.2, -0.15) is 0 Å². The van der Waals surface area contributed by atoms with Crippen LogP contribution in [0, 0.1) is 5.41 Å². The molecule has 1 heteroatoms. The molecule has 2 unspecified atom stereocenters. The second kappa shape index (κ2) is 5.88. The smallest absolute Gasteiger partial charge is 0.0322 e. The van der Waals surface area contributed by atoms with Crippen molar-refractivity contribution in [2.75, 3.05) is 0 Å². The van der Waals surface area contributed by atoms with Crippen LogP contribution >= 0.6 is 0 Å². The van der Waals surface area contributed by atoms with Gasteiger partial charge in [0.15, 0.2) is 0 Å². The normalized spacial score (nSPS) is 24.1. The molecule has 0 bridgehead atoms. The van der Waals surface area contributed by atoms with E-state index in [9.17, 15) is 0 Å². The van der Waals surface area contributed by atoms with Gasteiger partial charge in [0.05, 0.1) is 0 Å². The Kier molecular flexibility index (Phi) is 4.45. The summed E-state index contributed by atoms with van der Waals surface area (Å²) in [5, 5.41) is 3.89. The molecule has 100 valence electrons. The number of hydrogen-bond acceptors (Lipinski definition) is 1. The van der Waals surface area contributed by atoms with Gasteiger partial charge in [-0.05, 0) is 36.7 Å². The third-order valence-corrected chi connectivity index (χ3v) is 4.18. The van der Waals surface area contributed by atoms with Crippen LogP contribution in [0.1, 0.15) is 64.5 Å². The Morgan fingerprint density at radius 3 is 2.56 bits per heavy atom. The standard InChI is InChI=1S/C17H27N/c1-4-8-16(14-9-6-5-7-10-14)18-15-11-12-17(2,3)13-15/h5-7,9-10,15-16,18H,4,8,11-13H2,1-3H3. The van der Waals surface area contributed by atoms with Gasteiger partial charge in [0.2, 0.25) is 0 Å². The average Bonchev–Trinajstić information content (AvgIpc) is 2.69. The first-order valence-corrected chi connectivity index (χ1v) is 7.42. The van der Waals surface area contributed by atoms with Gasteiger partial charge >= 0.3 is 0 Å². The monoisotopic (exact) mass is 245 g/mol. The van der Waals surface area contributed by atoms with Crippen molar-refractivity contribution in [3.8, 4) is 0 Å². The third-order valence-electron chi connectivity index (χ3n) is 4.18. The second-order valence-electron chi connectivity index (χ2n) is 6.52. The topological polar surface area (TPSA) is 12.0 Å². The fourth-order valence-corrected chi connectivity index (χ4v) is 3.18. The van der Waals surface area contributed by atoms with Crippen molar-refractivity contribution >= 4 is 0 Å². The van der Waals surface area contributed by atoms with E-state index in [0.29, 0.717) is 17.5 Å². The van der Waals surface area contributed by atoms with Gasteiger partial charge in [-0.25, -0.2) is 0 Å². The Hall–Kier alpha value is -0.820. The number of hydrogen-bond donors (Lipinski definition) is 1. The molecular weight excluding hydrogens is 218 g/mol. The van der Waals surface area contributed by atoms with Crippen molar-refractivity contribution in [1.82, 2.24) is 5.32 Å². The van der Waals surface area contributed by atoms with E-state index < -0.39 is 0 Å². The highest BCUT2D eigenvalue weighted by Crippen LogP contribution is 2.38. The number of rotatable bonds is 5. The molecule has 2 rings (SSSR count). The van der Waals surface area contributed by atoms with E-state index in [0.717, 1.165) is 0 Å². The summed E-state index contributed by atoms with van der Waals surface area (Å²) in [5.41, 5.74) is 1.98. The minimum atomic E-state index is 0.533. The van der Waals surface area contributed by atoms with Crippen molar-refractivity contribution in [1.29, 1.82) is 0 Å². The summed E-state index contributed by atoms with van der Waals surface area (Å²) < 4.78 is 0. The lowest BCUT2D eigenvalue weighted by atomic mass is 9.91. The van der Waals surface area contributed by atoms with Crippen LogP contribution in [0.4, 0.5) is 0 Å². The predicted molar refractivity (Wildman–Crippen MR) is 78.6 cm³/mol. The Labute approximate surface area is 112 Å². The SMILES string of the molecule is CCCC(NC1CCC(C)(C)C1)c1ccccc1. The average molecular weight is 245 g/mol. The van der Waals surface area contributed by atoms with E-state index in [-0.39, 0.29) is 0 Å². The Bertz CT molecular complexity index is 355. The van der Waals surface area contributed by atoms with Gasteiger partial charge in [-0.1, -0.05) is 57.5 Å². The van der Waals surface area contributed by atoms with Crippen LogP contribution in [0.15, 0.2) is 30.3 Å². The molecule has 1 aromatic carbocycles. The lowest BCUT2D eigenvalue weighted by molar-refractivity contribution is 0.347. The maximum atomic E-state index is 3.89. The van der Waals surface area contributed by atoms with Crippen molar-refractivity contribution in [2.45, 2.75) is 65.0 Å². The summed E-state index contributed by atoms with van der Waals surface area (Å²) in [5.74, 6) is 0. The van der Waals surface area contributed by atoms with E-state index in [1.165, 1.54) is 37.7 Å². The molecule has 1 saturated carbocycles. The fourth-order valence-electron chi connectivity index (χ4n) is 3.18. The molecule has 1 fully saturated rings. The van der Waals surface area contributed by atoms with Gasteiger partial charge in [-0.3, -0.25) is 0 Å². The van der Waals surface area contributed by atoms with Crippen LogP contribution in [-0.4, -0.2) is 6.04 Å². The van der Waals surface area contributed by atoms with Gasteiger partial charge in [0.1, 0.15) is 0 Å². The third kappa shape index (κ3) is 3.58. The Balaban J connectivity index is 1.99. The van der Waals surface area contributed by atoms with Gasteiger partial charge in [0.25, 0.3) is 0 Å². The van der Waals surface area contributed by atoms with Crippen LogP contribution < -0.4 is 5.32 Å². The molecule has 1 aliphatic carbocycles. The summed E-state index contributed by atoms with van der Waals surface area (Å²) in [7, 11) is 0. The van der Waals surface area contributed by atoms with Crippen molar-refractivity contribution in [3.63, 3.8) is 0 Å². The van der Waals surface area contributed by atoms with E-state index >= 15 is 0 Å². The van der Waals surface area contributed by atoms with Crippen molar-refractivity contribution in [3.05, 3.63) is 35.9 Å². The molecule has 0 amide bonds. The summed E-state index contributed by atoms with van der Waals surface area (Å²) in [6, 6.07) is 12.2. The van der Waals surface area contributed by atoms with Crippen LogP contribution in [-0.2, 0) is 0 Å². The van der Waals surface area contributed by atoms with Crippen molar-refractivity contribution < 1.29 is 0 Å². The fraction of sp³-hybridized carbons (Fsp3) is 0.647. The minimum Gasteiger partial charge on any atom is -0.307 e. The molecule has 0 aliphatic heterocycles. The molecule has 1 nitrogen and oxygen atoms in total. The molecule has 0 aromatic heterocycles. The zero-order valence-corrected chi connectivity index (χ0v) is 12.1. The molecule has 0 spiro atoms. The molecule has 2 atom stereocenters. The summed E-state index contributed by atoms with van der Waals surface area (Å²) in [4.78, 5) is 0. The molecule has 0 radical (unpaired) electrons. The Morgan fingerprint density at radius 1 is 1.28 bits per heavy atom. The highest BCUT2D eigenvalue weighted by atomic mass is 15.0. The van der Waals surface area contributed by atoms with E-state index in [1.54, 1.807) is 0 Å². The van der Waals surface area contributed by atoms with Gasteiger partial charge in [-0.15, -0.1) is 0 Å². The maximum Gasteiger partial charge on any atom is 0.0322 e. The lowest BCUT2D eigenvalue weighted by Gasteiger charge is -2.24. The largest absolute Gasteiger partial charge is 0.307 e. The van der Waals surface area contributed by atoms with Crippen LogP contribution in [0.3, 0.4) is 0 Å². The molecule has 0 heterocycles. The number of benzene rings is 1. The molecule has 1 N–H and O–H groups in total. The first kappa shape index (κ1) is 13.6. The zero-order chi connectivity index (χ0) is 13.0. The molecule has 1 aromatic rings. The van der Waals surface area contributed by atoms with Crippen LogP contribution in [0.25, 0.3) is 0 Å². The van der Waals surface area contributed by atoms with Gasteiger partial charge in [0, 0.05) is 12.1 Å². The second-order valence-corrected chi connectivity index (χ2v) is 6.52. The zero-order valence-electron chi connectivity index (χ0n) is 12.1. The van der Waals surface area contributed by atoms with E-state index in [2.05, 4.69) is 56.4 Å². The first-order chi connectivity index (χ1) is 8.61. The van der Waals surface area contributed by atoms with Crippen LogP contribution in [0.2, 0.25) is 0 Å². The molecule has 1 aliphatic rings. The summed E-state index contributed by atoms with van der Waals surface area (Å²) >= 11 is 0.